The zero-order valence-electron chi connectivity index (χ0n) is 18.1. The molecule has 34 heavy (non-hydrogen) atoms. The Morgan fingerprint density at radius 1 is 1.12 bits per heavy atom. The second-order valence-electron chi connectivity index (χ2n) is 8.00. The van der Waals surface area contributed by atoms with Crippen molar-refractivity contribution in [2.45, 2.75) is 18.8 Å². The molecule has 4 aromatic rings. The molecule has 1 aliphatic rings. The molecule has 0 aliphatic heterocycles. The van der Waals surface area contributed by atoms with Gasteiger partial charge in [0.15, 0.2) is 0 Å². The van der Waals surface area contributed by atoms with Crippen LogP contribution in [0, 0.1) is 11.6 Å². The lowest BCUT2D eigenvalue weighted by Crippen LogP contribution is -2.24. The van der Waals surface area contributed by atoms with Gasteiger partial charge in [-0.25, -0.2) is 18.6 Å². The second kappa shape index (κ2) is 8.54. The fourth-order valence-electron chi connectivity index (χ4n) is 3.87. The third kappa shape index (κ3) is 4.05. The molecule has 8 nitrogen and oxygen atoms in total. The Kier molecular flexibility index (Phi) is 5.40. The number of carbonyl (C=O) groups is 1. The molecular weight excluding hydrogens is 442 g/mol. The first kappa shape index (κ1) is 21.5. The molecule has 0 unspecified atom stereocenters. The Hall–Kier alpha value is -4.34. The summed E-state index contributed by atoms with van der Waals surface area (Å²) in [6.07, 6.45) is 7.77. The number of nitrogens with one attached hydrogen (secondary N) is 3. The zero-order chi connectivity index (χ0) is 23.8. The standard InChI is InChI=1S/C24H20F2N6O2/c1-27-21-7-16-14(10-29-21)12-32(23(33)22(16)13-4-5-13)20-9-19(17(25)8-18(20)26)31-24(34)30-15-3-2-6-28-11-15/h2-3,6-13,27H,4-5H2,1H3,(H2,30,31,34). The summed E-state index contributed by atoms with van der Waals surface area (Å²) in [5.74, 6) is -1.22. The Labute approximate surface area is 192 Å². The number of anilines is 3. The van der Waals surface area contributed by atoms with E-state index in [0.29, 0.717) is 28.5 Å². The van der Waals surface area contributed by atoms with Crippen molar-refractivity contribution in [1.29, 1.82) is 0 Å². The summed E-state index contributed by atoms with van der Waals surface area (Å²) in [5, 5.41) is 9.23. The van der Waals surface area contributed by atoms with E-state index in [4.69, 9.17) is 0 Å². The number of pyridine rings is 3. The minimum absolute atomic E-state index is 0.0703. The molecule has 1 aliphatic carbocycles. The van der Waals surface area contributed by atoms with Crippen molar-refractivity contribution < 1.29 is 13.6 Å². The number of urea groups is 1. The number of nitrogens with zero attached hydrogens (tertiary/aromatic N) is 3. The van der Waals surface area contributed by atoms with Gasteiger partial charge in [0, 0.05) is 42.7 Å². The van der Waals surface area contributed by atoms with Crippen molar-refractivity contribution in [3.05, 3.63) is 82.7 Å². The molecule has 0 radical (unpaired) electrons. The number of rotatable bonds is 5. The number of halogens is 2. The molecule has 0 spiro atoms. The summed E-state index contributed by atoms with van der Waals surface area (Å²) < 4.78 is 30.5. The number of fused-ring (bicyclic) bond motifs is 1. The van der Waals surface area contributed by atoms with Crippen LogP contribution in [-0.4, -0.2) is 27.6 Å². The van der Waals surface area contributed by atoms with Crippen LogP contribution in [-0.2, 0) is 0 Å². The molecule has 0 saturated heterocycles. The molecule has 0 atom stereocenters. The van der Waals surface area contributed by atoms with Gasteiger partial charge in [-0.1, -0.05) is 0 Å². The quantitative estimate of drug-likeness (QED) is 0.402. The van der Waals surface area contributed by atoms with Crippen LogP contribution in [0.15, 0.2) is 59.9 Å². The van der Waals surface area contributed by atoms with Crippen molar-refractivity contribution in [3.8, 4) is 5.69 Å². The van der Waals surface area contributed by atoms with Crippen LogP contribution >= 0.6 is 0 Å². The predicted octanol–water partition coefficient (Wildman–Crippen LogP) is 4.62. The van der Waals surface area contributed by atoms with Crippen molar-refractivity contribution in [3.63, 3.8) is 0 Å². The summed E-state index contributed by atoms with van der Waals surface area (Å²) in [6, 6.07) is 6.05. The lowest BCUT2D eigenvalue weighted by atomic mass is 10.0. The van der Waals surface area contributed by atoms with Crippen molar-refractivity contribution in [2.24, 2.45) is 0 Å². The Bertz CT molecular complexity index is 1470. The molecular formula is C24H20F2N6O2. The maximum Gasteiger partial charge on any atom is 0.323 e. The maximum atomic E-state index is 14.9. The highest BCUT2D eigenvalue weighted by Gasteiger charge is 2.30. The number of amides is 2. The fourth-order valence-corrected chi connectivity index (χ4v) is 3.87. The van der Waals surface area contributed by atoms with E-state index in [-0.39, 0.29) is 22.9 Å². The molecule has 1 fully saturated rings. The Balaban J connectivity index is 1.57. The fraction of sp³-hybridized carbons (Fsp3) is 0.167. The van der Waals surface area contributed by atoms with Crippen LogP contribution in [0.2, 0.25) is 0 Å². The van der Waals surface area contributed by atoms with Gasteiger partial charge >= 0.3 is 6.03 Å². The lowest BCUT2D eigenvalue weighted by Gasteiger charge is -2.15. The average Bonchev–Trinajstić information content (AvgIpc) is 3.66. The van der Waals surface area contributed by atoms with Crippen molar-refractivity contribution in [1.82, 2.24) is 14.5 Å². The number of hydrogen-bond acceptors (Lipinski definition) is 5. The maximum absolute atomic E-state index is 14.9. The van der Waals surface area contributed by atoms with Crippen LogP contribution in [0.5, 0.6) is 0 Å². The van der Waals surface area contributed by atoms with Crippen LogP contribution in [0.1, 0.15) is 24.3 Å². The highest BCUT2D eigenvalue weighted by atomic mass is 19.1. The minimum atomic E-state index is -0.973. The van der Waals surface area contributed by atoms with E-state index in [1.807, 2.05) is 0 Å². The molecule has 1 saturated carbocycles. The van der Waals surface area contributed by atoms with Gasteiger partial charge < -0.3 is 16.0 Å². The van der Waals surface area contributed by atoms with E-state index in [1.165, 1.54) is 12.4 Å². The number of aromatic nitrogens is 3. The summed E-state index contributed by atoms with van der Waals surface area (Å²) in [6.45, 7) is 0. The largest absolute Gasteiger partial charge is 0.373 e. The van der Waals surface area contributed by atoms with E-state index in [9.17, 15) is 18.4 Å². The number of benzene rings is 1. The van der Waals surface area contributed by atoms with Gasteiger partial charge in [-0.3, -0.25) is 14.3 Å². The van der Waals surface area contributed by atoms with Crippen LogP contribution < -0.4 is 21.5 Å². The van der Waals surface area contributed by atoms with Gasteiger partial charge in [0.1, 0.15) is 17.5 Å². The van der Waals surface area contributed by atoms with E-state index in [0.717, 1.165) is 28.9 Å². The predicted molar refractivity (Wildman–Crippen MR) is 126 cm³/mol. The van der Waals surface area contributed by atoms with Gasteiger partial charge in [-0.15, -0.1) is 0 Å². The average molecular weight is 462 g/mol. The monoisotopic (exact) mass is 462 g/mol. The molecule has 1 aromatic carbocycles. The smallest absolute Gasteiger partial charge is 0.323 e. The minimum Gasteiger partial charge on any atom is -0.373 e. The molecule has 3 heterocycles. The summed E-state index contributed by atoms with van der Waals surface area (Å²) in [4.78, 5) is 33.9. The molecule has 10 heteroatoms. The van der Waals surface area contributed by atoms with Gasteiger partial charge in [-0.05, 0) is 48.4 Å². The van der Waals surface area contributed by atoms with Crippen LogP contribution in [0.4, 0.5) is 30.8 Å². The Morgan fingerprint density at radius 3 is 2.65 bits per heavy atom. The third-order valence-corrected chi connectivity index (χ3v) is 5.65. The molecule has 3 N–H and O–H groups in total. The number of carbonyl (C=O) groups excluding carboxylic acids is 1. The highest BCUT2D eigenvalue weighted by molar-refractivity contribution is 6.00. The van der Waals surface area contributed by atoms with Gasteiger partial charge in [0.25, 0.3) is 5.56 Å². The topological polar surface area (TPSA) is 101 Å². The first-order chi connectivity index (χ1) is 16.4. The molecule has 5 rings (SSSR count). The summed E-state index contributed by atoms with van der Waals surface area (Å²) >= 11 is 0. The SMILES string of the molecule is CNc1cc2c(C3CC3)c(=O)n(-c3cc(NC(=O)Nc4cccnc4)c(F)cc3F)cc2cn1. The zero-order valence-corrected chi connectivity index (χ0v) is 18.1. The lowest BCUT2D eigenvalue weighted by molar-refractivity contribution is 0.262. The first-order valence-electron chi connectivity index (χ1n) is 10.6. The van der Waals surface area contributed by atoms with E-state index < -0.39 is 17.7 Å². The molecule has 172 valence electrons. The van der Waals surface area contributed by atoms with Gasteiger partial charge in [0.05, 0.1) is 23.3 Å². The molecule has 3 aromatic heterocycles. The molecule has 2 amide bonds. The first-order valence-corrected chi connectivity index (χ1v) is 10.6. The van der Waals surface area contributed by atoms with E-state index >= 15 is 0 Å². The van der Waals surface area contributed by atoms with E-state index in [2.05, 4.69) is 25.9 Å². The molecule has 0 bridgehead atoms. The van der Waals surface area contributed by atoms with Crippen LogP contribution in [0.25, 0.3) is 16.5 Å². The summed E-state index contributed by atoms with van der Waals surface area (Å²) in [5.41, 5.74) is 0.130. The van der Waals surface area contributed by atoms with Gasteiger partial charge in [0.2, 0.25) is 0 Å². The van der Waals surface area contributed by atoms with Gasteiger partial charge in [-0.2, -0.15) is 0 Å². The highest BCUT2D eigenvalue weighted by Crippen LogP contribution is 2.41. The second-order valence-corrected chi connectivity index (χ2v) is 8.00. The van der Waals surface area contributed by atoms with E-state index in [1.54, 1.807) is 37.6 Å². The summed E-state index contributed by atoms with van der Waals surface area (Å²) in [7, 11) is 1.74. The normalized spacial score (nSPS) is 13.0. The van der Waals surface area contributed by atoms with Crippen molar-refractivity contribution in [2.75, 3.05) is 23.0 Å². The third-order valence-electron chi connectivity index (χ3n) is 5.65. The van der Waals surface area contributed by atoms with Crippen molar-refractivity contribution >= 4 is 34.0 Å². The van der Waals surface area contributed by atoms with Crippen LogP contribution in [0.3, 0.4) is 0 Å². The Morgan fingerprint density at radius 2 is 1.94 bits per heavy atom. The number of hydrogen-bond donors (Lipinski definition) is 3.